The minimum Gasteiger partial charge on any atom is -0.310 e. The van der Waals surface area contributed by atoms with Crippen molar-refractivity contribution in [2.45, 2.75) is 18.8 Å². The van der Waals surface area contributed by atoms with Crippen LogP contribution in [0.5, 0.6) is 0 Å². The Kier molecular flexibility index (Phi) is 8.11. The van der Waals surface area contributed by atoms with E-state index in [0.29, 0.717) is 5.92 Å². The van der Waals surface area contributed by atoms with Gasteiger partial charge in [0.1, 0.15) is 0 Å². The SMILES string of the molecule is c1ccc(-c2ccc(N(c3ccc(-c4ccc5ccccc5c4)cc3)c3ccc4c(c3)CCC(c3ccccc3)c3ccc5ccccc5c3-4)cc2)cc1. The van der Waals surface area contributed by atoms with Crippen molar-refractivity contribution in [3.05, 3.63) is 223 Å². The van der Waals surface area contributed by atoms with Gasteiger partial charge in [-0.1, -0.05) is 164 Å². The van der Waals surface area contributed by atoms with Crippen molar-refractivity contribution in [2.75, 3.05) is 4.90 Å². The standard InChI is InChI=1S/C53H39N/c1-3-11-37(12-4-1)39-21-27-46(28-22-39)54(47-29-23-40(24-30-47)44-20-19-38-13-7-8-17-43(38)35-44)48-31-34-51-45(36-48)26-32-49(41-14-5-2-6-15-41)52-33-25-42-16-9-10-18-50(42)53(51)52/h1-25,27-31,33-36,49H,26,32H2. The number of anilines is 3. The lowest BCUT2D eigenvalue weighted by Gasteiger charge is -2.27. The molecule has 1 nitrogen and oxygen atoms in total. The van der Waals surface area contributed by atoms with Crippen LogP contribution in [0.15, 0.2) is 206 Å². The van der Waals surface area contributed by atoms with Crippen molar-refractivity contribution >= 4 is 38.6 Å². The second kappa shape index (κ2) is 13.7. The smallest absolute Gasteiger partial charge is 0.0464 e. The van der Waals surface area contributed by atoms with Gasteiger partial charge in [-0.05, 0) is 127 Å². The fourth-order valence-electron chi connectivity index (χ4n) is 8.59. The number of benzene rings is 9. The fraction of sp³-hybridized carbons (Fsp3) is 0.0566. The maximum Gasteiger partial charge on any atom is 0.0464 e. The van der Waals surface area contributed by atoms with Gasteiger partial charge in [-0.25, -0.2) is 0 Å². The second-order valence-corrected chi connectivity index (χ2v) is 14.5. The lowest BCUT2D eigenvalue weighted by molar-refractivity contribution is 0.726. The first-order chi connectivity index (χ1) is 26.8. The Morgan fingerprint density at radius 2 is 0.944 bits per heavy atom. The van der Waals surface area contributed by atoms with Crippen LogP contribution in [0.2, 0.25) is 0 Å². The Labute approximate surface area is 317 Å². The summed E-state index contributed by atoms with van der Waals surface area (Å²) in [6.45, 7) is 0. The number of rotatable bonds is 6. The summed E-state index contributed by atoms with van der Waals surface area (Å²) in [5, 5.41) is 5.13. The van der Waals surface area contributed by atoms with Crippen molar-refractivity contribution in [3.8, 4) is 33.4 Å². The van der Waals surface area contributed by atoms with E-state index >= 15 is 0 Å². The molecular formula is C53H39N. The molecule has 0 bridgehead atoms. The third-order valence-electron chi connectivity index (χ3n) is 11.3. The molecule has 1 heteroatoms. The molecule has 0 saturated heterocycles. The van der Waals surface area contributed by atoms with Crippen LogP contribution in [-0.2, 0) is 6.42 Å². The maximum atomic E-state index is 2.45. The Morgan fingerprint density at radius 3 is 1.69 bits per heavy atom. The summed E-state index contributed by atoms with van der Waals surface area (Å²) in [6.07, 6.45) is 2.05. The highest BCUT2D eigenvalue weighted by Crippen LogP contribution is 2.47. The van der Waals surface area contributed by atoms with Gasteiger partial charge >= 0.3 is 0 Å². The van der Waals surface area contributed by atoms with Crippen LogP contribution in [-0.4, -0.2) is 0 Å². The topological polar surface area (TPSA) is 3.24 Å². The van der Waals surface area contributed by atoms with Crippen molar-refractivity contribution < 1.29 is 0 Å². The predicted octanol–water partition coefficient (Wildman–Crippen LogP) is 14.5. The van der Waals surface area contributed by atoms with Gasteiger partial charge in [0.05, 0.1) is 0 Å². The van der Waals surface area contributed by atoms with E-state index in [1.165, 1.54) is 77.3 Å². The van der Waals surface area contributed by atoms with Gasteiger partial charge in [0.15, 0.2) is 0 Å². The summed E-state index contributed by atoms with van der Waals surface area (Å²) in [5.74, 6) is 0.325. The van der Waals surface area contributed by atoms with Crippen LogP contribution in [0.3, 0.4) is 0 Å². The third-order valence-corrected chi connectivity index (χ3v) is 11.3. The molecule has 0 fully saturated rings. The molecule has 54 heavy (non-hydrogen) atoms. The molecule has 0 aromatic heterocycles. The third kappa shape index (κ3) is 5.85. The Hall–Kier alpha value is -6.70. The zero-order valence-electron chi connectivity index (χ0n) is 30.1. The van der Waals surface area contributed by atoms with Gasteiger partial charge in [0, 0.05) is 23.0 Å². The summed E-state index contributed by atoms with van der Waals surface area (Å²) in [4.78, 5) is 2.42. The van der Waals surface area contributed by atoms with E-state index in [9.17, 15) is 0 Å². The molecule has 10 rings (SSSR count). The lowest BCUT2D eigenvalue weighted by Crippen LogP contribution is -2.10. The quantitative estimate of drug-likeness (QED) is 0.168. The van der Waals surface area contributed by atoms with E-state index in [1.807, 2.05) is 0 Å². The van der Waals surface area contributed by atoms with Gasteiger partial charge in [-0.3, -0.25) is 0 Å². The van der Waals surface area contributed by atoms with E-state index in [0.717, 1.165) is 24.2 Å². The summed E-state index contributed by atoms with van der Waals surface area (Å²) in [6, 6.07) is 75.9. The minimum atomic E-state index is 0.325. The van der Waals surface area contributed by atoms with E-state index in [2.05, 4.69) is 211 Å². The Balaban J connectivity index is 1.10. The Morgan fingerprint density at radius 1 is 0.389 bits per heavy atom. The van der Waals surface area contributed by atoms with Gasteiger partial charge in [0.2, 0.25) is 0 Å². The van der Waals surface area contributed by atoms with E-state index in [1.54, 1.807) is 0 Å². The molecule has 9 aromatic rings. The van der Waals surface area contributed by atoms with Gasteiger partial charge < -0.3 is 4.90 Å². The van der Waals surface area contributed by atoms with Crippen molar-refractivity contribution in [3.63, 3.8) is 0 Å². The predicted molar refractivity (Wildman–Crippen MR) is 229 cm³/mol. The molecule has 0 amide bonds. The number of fused-ring (bicyclic) bond motifs is 6. The largest absolute Gasteiger partial charge is 0.310 e. The van der Waals surface area contributed by atoms with Crippen molar-refractivity contribution in [2.24, 2.45) is 0 Å². The second-order valence-electron chi connectivity index (χ2n) is 14.5. The maximum absolute atomic E-state index is 2.45. The summed E-state index contributed by atoms with van der Waals surface area (Å²) in [7, 11) is 0. The highest BCUT2D eigenvalue weighted by atomic mass is 15.1. The average molecular weight is 690 g/mol. The normalized spacial score (nSPS) is 13.6. The Bertz CT molecular complexity index is 2750. The van der Waals surface area contributed by atoms with E-state index in [-0.39, 0.29) is 0 Å². The number of aryl methyl sites for hydroxylation is 1. The summed E-state index contributed by atoms with van der Waals surface area (Å²) < 4.78 is 0. The molecule has 0 aliphatic heterocycles. The van der Waals surface area contributed by atoms with Crippen LogP contribution in [0.1, 0.15) is 29.0 Å². The average Bonchev–Trinajstić information content (AvgIpc) is 3.42. The zero-order valence-corrected chi connectivity index (χ0v) is 30.1. The molecule has 0 radical (unpaired) electrons. The van der Waals surface area contributed by atoms with Crippen LogP contribution >= 0.6 is 0 Å². The molecule has 9 aromatic carbocycles. The van der Waals surface area contributed by atoms with Crippen molar-refractivity contribution in [1.29, 1.82) is 0 Å². The summed E-state index contributed by atoms with van der Waals surface area (Å²) in [5.41, 5.74) is 15.2. The molecule has 1 aliphatic carbocycles. The molecule has 0 heterocycles. The molecule has 0 spiro atoms. The van der Waals surface area contributed by atoms with Crippen LogP contribution in [0.4, 0.5) is 17.1 Å². The van der Waals surface area contributed by atoms with Crippen LogP contribution in [0, 0.1) is 0 Å². The molecule has 1 aliphatic rings. The fourth-order valence-corrected chi connectivity index (χ4v) is 8.59. The minimum absolute atomic E-state index is 0.325. The molecule has 1 unspecified atom stereocenters. The monoisotopic (exact) mass is 689 g/mol. The first kappa shape index (κ1) is 32.0. The van der Waals surface area contributed by atoms with Gasteiger partial charge in [-0.2, -0.15) is 0 Å². The zero-order chi connectivity index (χ0) is 35.8. The van der Waals surface area contributed by atoms with Gasteiger partial charge in [-0.15, -0.1) is 0 Å². The number of hydrogen-bond donors (Lipinski definition) is 0. The molecule has 256 valence electrons. The highest BCUT2D eigenvalue weighted by molar-refractivity contribution is 6.00. The molecule has 1 atom stereocenters. The lowest BCUT2D eigenvalue weighted by atomic mass is 9.84. The number of nitrogens with zero attached hydrogens (tertiary/aromatic N) is 1. The molecule has 0 N–H and O–H groups in total. The van der Waals surface area contributed by atoms with Gasteiger partial charge in [0.25, 0.3) is 0 Å². The molecule has 0 saturated carbocycles. The van der Waals surface area contributed by atoms with Crippen LogP contribution < -0.4 is 4.90 Å². The first-order valence-corrected chi connectivity index (χ1v) is 19.0. The van der Waals surface area contributed by atoms with E-state index < -0.39 is 0 Å². The van der Waals surface area contributed by atoms with Crippen LogP contribution in [0.25, 0.3) is 54.9 Å². The summed E-state index contributed by atoms with van der Waals surface area (Å²) >= 11 is 0. The first-order valence-electron chi connectivity index (χ1n) is 19.0. The van der Waals surface area contributed by atoms with Crippen molar-refractivity contribution in [1.82, 2.24) is 0 Å². The molecular weight excluding hydrogens is 651 g/mol. The number of hydrogen-bond acceptors (Lipinski definition) is 1. The highest BCUT2D eigenvalue weighted by Gasteiger charge is 2.26. The van der Waals surface area contributed by atoms with E-state index in [4.69, 9.17) is 0 Å².